The Morgan fingerprint density at radius 1 is 0.917 bits per heavy atom. The first kappa shape index (κ1) is 17.5. The largest absolute Gasteiger partial charge is 0.497 e. The first-order valence-corrected chi connectivity index (χ1v) is 7.34. The molecule has 24 heavy (non-hydrogen) atoms. The third-order valence-electron chi connectivity index (χ3n) is 3.54. The molecule has 0 aliphatic carbocycles. The number of benzene rings is 2. The quantitative estimate of drug-likeness (QED) is 0.845. The molecular weight excluding hydrogens is 310 g/mol. The fraction of sp³-hybridized carbons (Fsp3) is 0.278. The fourth-order valence-corrected chi connectivity index (χ4v) is 2.34. The summed E-state index contributed by atoms with van der Waals surface area (Å²) >= 11 is 0. The summed E-state index contributed by atoms with van der Waals surface area (Å²) in [6, 6.07) is 10.8. The van der Waals surface area contributed by atoms with Crippen LogP contribution in [0.3, 0.4) is 0 Å². The minimum absolute atomic E-state index is 0.268. The summed E-state index contributed by atoms with van der Waals surface area (Å²) in [5.74, 6) is 1.69. The maximum Gasteiger partial charge on any atom is 0.255 e. The summed E-state index contributed by atoms with van der Waals surface area (Å²) in [4.78, 5) is 12.5. The minimum atomic E-state index is -0.268. The highest BCUT2D eigenvalue weighted by atomic mass is 16.5. The SMILES string of the molecule is COc1cccc(CNC(=O)c2ccc(OC)c(OC)c2OC)c1. The van der Waals surface area contributed by atoms with Crippen molar-refractivity contribution in [3.8, 4) is 23.0 Å². The molecule has 2 aromatic rings. The normalized spacial score (nSPS) is 10.0. The maximum atomic E-state index is 12.5. The smallest absolute Gasteiger partial charge is 0.255 e. The third-order valence-corrected chi connectivity index (χ3v) is 3.54. The second-order valence-corrected chi connectivity index (χ2v) is 4.92. The van der Waals surface area contributed by atoms with Crippen LogP contribution < -0.4 is 24.3 Å². The maximum absolute atomic E-state index is 12.5. The van der Waals surface area contributed by atoms with Crippen molar-refractivity contribution < 1.29 is 23.7 Å². The molecule has 128 valence electrons. The molecule has 0 aliphatic heterocycles. The molecule has 6 nitrogen and oxygen atoms in total. The van der Waals surface area contributed by atoms with Gasteiger partial charge in [-0.1, -0.05) is 12.1 Å². The minimum Gasteiger partial charge on any atom is -0.497 e. The molecule has 0 aromatic heterocycles. The van der Waals surface area contributed by atoms with E-state index in [0.29, 0.717) is 29.4 Å². The molecule has 0 fully saturated rings. The molecule has 0 saturated carbocycles. The number of carbonyl (C=O) groups excluding carboxylic acids is 1. The Balaban J connectivity index is 2.20. The van der Waals surface area contributed by atoms with Crippen molar-refractivity contribution in [2.75, 3.05) is 28.4 Å². The molecule has 1 amide bonds. The van der Waals surface area contributed by atoms with Crippen molar-refractivity contribution >= 4 is 5.91 Å². The van der Waals surface area contributed by atoms with E-state index in [-0.39, 0.29) is 5.91 Å². The second-order valence-electron chi connectivity index (χ2n) is 4.92. The molecule has 0 bridgehead atoms. The van der Waals surface area contributed by atoms with Crippen LogP contribution in [-0.2, 0) is 6.54 Å². The number of methoxy groups -OCH3 is 4. The van der Waals surface area contributed by atoms with Gasteiger partial charge in [-0.3, -0.25) is 4.79 Å². The van der Waals surface area contributed by atoms with Crippen LogP contribution in [0.1, 0.15) is 15.9 Å². The van der Waals surface area contributed by atoms with Gasteiger partial charge in [-0.15, -0.1) is 0 Å². The molecule has 0 spiro atoms. The Morgan fingerprint density at radius 3 is 2.29 bits per heavy atom. The van der Waals surface area contributed by atoms with E-state index in [4.69, 9.17) is 18.9 Å². The Bertz CT molecular complexity index is 715. The number of rotatable bonds is 7. The van der Waals surface area contributed by atoms with Crippen molar-refractivity contribution in [3.05, 3.63) is 47.5 Å². The van der Waals surface area contributed by atoms with Gasteiger partial charge in [-0.2, -0.15) is 0 Å². The van der Waals surface area contributed by atoms with Crippen LogP contribution in [0.2, 0.25) is 0 Å². The first-order valence-electron chi connectivity index (χ1n) is 7.34. The van der Waals surface area contributed by atoms with Crippen LogP contribution in [0.15, 0.2) is 36.4 Å². The number of nitrogens with one attached hydrogen (secondary N) is 1. The summed E-state index contributed by atoms with van der Waals surface area (Å²) in [5.41, 5.74) is 1.31. The molecule has 0 radical (unpaired) electrons. The van der Waals surface area contributed by atoms with Crippen LogP contribution in [-0.4, -0.2) is 34.3 Å². The van der Waals surface area contributed by atoms with Crippen LogP contribution >= 0.6 is 0 Å². The molecule has 6 heteroatoms. The van der Waals surface area contributed by atoms with Crippen LogP contribution in [0.5, 0.6) is 23.0 Å². The molecule has 0 aliphatic rings. The highest BCUT2D eigenvalue weighted by Gasteiger charge is 2.20. The predicted octanol–water partition coefficient (Wildman–Crippen LogP) is 2.65. The Labute approximate surface area is 141 Å². The standard InChI is InChI=1S/C18H21NO5/c1-21-13-7-5-6-12(10-13)11-19-18(20)14-8-9-15(22-2)17(24-4)16(14)23-3/h5-10H,11H2,1-4H3,(H,19,20). The van der Waals surface area contributed by atoms with Gasteiger partial charge in [0.1, 0.15) is 5.75 Å². The van der Waals surface area contributed by atoms with Gasteiger partial charge < -0.3 is 24.3 Å². The Kier molecular flexibility index (Phi) is 5.89. The molecular formula is C18H21NO5. The van der Waals surface area contributed by atoms with Crippen molar-refractivity contribution in [2.45, 2.75) is 6.54 Å². The van der Waals surface area contributed by atoms with E-state index in [0.717, 1.165) is 11.3 Å². The summed E-state index contributed by atoms with van der Waals surface area (Å²) in [5, 5.41) is 2.86. The summed E-state index contributed by atoms with van der Waals surface area (Å²) < 4.78 is 21.0. The average molecular weight is 331 g/mol. The van der Waals surface area contributed by atoms with Gasteiger partial charge in [-0.25, -0.2) is 0 Å². The van der Waals surface area contributed by atoms with E-state index in [1.165, 1.54) is 21.3 Å². The monoisotopic (exact) mass is 331 g/mol. The van der Waals surface area contributed by atoms with E-state index in [9.17, 15) is 4.79 Å². The van der Waals surface area contributed by atoms with Crippen LogP contribution in [0.4, 0.5) is 0 Å². The van der Waals surface area contributed by atoms with Crippen molar-refractivity contribution in [1.82, 2.24) is 5.32 Å². The van der Waals surface area contributed by atoms with Gasteiger partial charge in [0.15, 0.2) is 11.5 Å². The number of hydrogen-bond donors (Lipinski definition) is 1. The number of ether oxygens (including phenoxy) is 4. The fourth-order valence-electron chi connectivity index (χ4n) is 2.34. The lowest BCUT2D eigenvalue weighted by molar-refractivity contribution is 0.0947. The Hall–Kier alpha value is -2.89. The lowest BCUT2D eigenvalue weighted by Crippen LogP contribution is -2.23. The molecule has 1 N–H and O–H groups in total. The molecule has 0 unspecified atom stereocenters. The lowest BCUT2D eigenvalue weighted by atomic mass is 10.1. The average Bonchev–Trinajstić information content (AvgIpc) is 2.64. The van der Waals surface area contributed by atoms with Crippen LogP contribution in [0, 0.1) is 0 Å². The van der Waals surface area contributed by atoms with Crippen molar-refractivity contribution in [3.63, 3.8) is 0 Å². The lowest BCUT2D eigenvalue weighted by Gasteiger charge is -2.15. The molecule has 0 saturated heterocycles. The van der Waals surface area contributed by atoms with Crippen molar-refractivity contribution in [2.24, 2.45) is 0 Å². The van der Waals surface area contributed by atoms with Crippen molar-refractivity contribution in [1.29, 1.82) is 0 Å². The highest BCUT2D eigenvalue weighted by Crippen LogP contribution is 2.39. The highest BCUT2D eigenvalue weighted by molar-refractivity contribution is 5.98. The zero-order valence-electron chi connectivity index (χ0n) is 14.2. The first-order chi connectivity index (χ1) is 11.6. The molecule has 0 heterocycles. The Morgan fingerprint density at radius 2 is 1.67 bits per heavy atom. The molecule has 0 atom stereocenters. The number of carbonyl (C=O) groups is 1. The van der Waals surface area contributed by atoms with Gasteiger partial charge in [0, 0.05) is 6.54 Å². The van der Waals surface area contributed by atoms with E-state index in [2.05, 4.69) is 5.32 Å². The summed E-state index contributed by atoms with van der Waals surface area (Å²) in [7, 11) is 6.11. The van der Waals surface area contributed by atoms with Crippen LogP contribution in [0.25, 0.3) is 0 Å². The van der Waals surface area contributed by atoms with Gasteiger partial charge >= 0.3 is 0 Å². The number of hydrogen-bond acceptors (Lipinski definition) is 5. The summed E-state index contributed by atoms with van der Waals surface area (Å²) in [6.45, 7) is 0.369. The second kappa shape index (κ2) is 8.10. The van der Waals surface area contributed by atoms with Gasteiger partial charge in [0.25, 0.3) is 5.91 Å². The van der Waals surface area contributed by atoms with E-state index in [1.54, 1.807) is 19.2 Å². The van der Waals surface area contributed by atoms with Gasteiger partial charge in [-0.05, 0) is 29.8 Å². The van der Waals surface area contributed by atoms with E-state index < -0.39 is 0 Å². The summed E-state index contributed by atoms with van der Waals surface area (Å²) in [6.07, 6.45) is 0. The van der Waals surface area contributed by atoms with E-state index >= 15 is 0 Å². The predicted molar refractivity (Wildman–Crippen MR) is 90.3 cm³/mol. The molecule has 2 aromatic carbocycles. The number of amides is 1. The van der Waals surface area contributed by atoms with Gasteiger partial charge in [0.2, 0.25) is 5.75 Å². The zero-order chi connectivity index (χ0) is 17.5. The topological polar surface area (TPSA) is 66.0 Å². The van der Waals surface area contributed by atoms with Gasteiger partial charge in [0.05, 0.1) is 34.0 Å². The molecule has 2 rings (SSSR count). The third kappa shape index (κ3) is 3.71. The van der Waals surface area contributed by atoms with E-state index in [1.807, 2.05) is 24.3 Å². The zero-order valence-corrected chi connectivity index (χ0v) is 14.2.